The van der Waals surface area contributed by atoms with Crippen molar-refractivity contribution < 1.29 is 5.11 Å². The number of aromatic hydroxyl groups is 1. The molecule has 1 heterocycles. The maximum absolute atomic E-state index is 10.1. The fourth-order valence-corrected chi connectivity index (χ4v) is 2.45. The van der Waals surface area contributed by atoms with E-state index in [2.05, 4.69) is 23.8 Å². The van der Waals surface area contributed by atoms with Crippen LogP contribution in [-0.2, 0) is 12.8 Å². The Kier molecular flexibility index (Phi) is 4.31. The van der Waals surface area contributed by atoms with Gasteiger partial charge in [0.15, 0.2) is 0 Å². The number of benzene rings is 1. The van der Waals surface area contributed by atoms with Crippen molar-refractivity contribution in [2.24, 2.45) is 0 Å². The second-order valence-electron chi connectivity index (χ2n) is 5.50. The zero-order chi connectivity index (χ0) is 15.6. The van der Waals surface area contributed by atoms with E-state index in [1.807, 2.05) is 19.1 Å². The molecule has 1 aromatic heterocycles. The van der Waals surface area contributed by atoms with Gasteiger partial charge in [0.2, 0.25) is 5.95 Å². The van der Waals surface area contributed by atoms with Gasteiger partial charge in [-0.05, 0) is 35.1 Å². The lowest BCUT2D eigenvalue weighted by Gasteiger charge is -2.16. The number of nitrogens with two attached hydrogens (primary N) is 2. The topological polar surface area (TPSA) is 98.0 Å². The van der Waals surface area contributed by atoms with Gasteiger partial charge in [-0.15, -0.1) is 0 Å². The number of aromatic nitrogens is 2. The number of rotatable bonds is 4. The summed E-state index contributed by atoms with van der Waals surface area (Å²) in [5.74, 6) is 1.25. The molecule has 0 atom stereocenters. The molecule has 2 rings (SSSR count). The van der Waals surface area contributed by atoms with Gasteiger partial charge in [0.25, 0.3) is 0 Å². The Morgan fingerprint density at radius 1 is 1.14 bits per heavy atom. The van der Waals surface area contributed by atoms with Crippen LogP contribution in [0.1, 0.15) is 48.9 Å². The molecular formula is C16H22N4O. The van der Waals surface area contributed by atoms with Gasteiger partial charge in [-0.2, -0.15) is 4.98 Å². The molecule has 1 aromatic carbocycles. The van der Waals surface area contributed by atoms with E-state index < -0.39 is 0 Å². The quantitative estimate of drug-likeness (QED) is 0.802. The highest BCUT2D eigenvalue weighted by Gasteiger charge is 2.13. The zero-order valence-electron chi connectivity index (χ0n) is 12.7. The summed E-state index contributed by atoms with van der Waals surface area (Å²) in [6.07, 6.45) is 3.08. The Balaban J connectivity index is 2.46. The second-order valence-corrected chi connectivity index (χ2v) is 5.50. The Morgan fingerprint density at radius 3 is 2.43 bits per heavy atom. The number of nitrogen functional groups attached to an aromatic ring is 2. The average Bonchev–Trinajstić information content (AvgIpc) is 2.42. The van der Waals surface area contributed by atoms with E-state index in [0.29, 0.717) is 23.9 Å². The molecule has 0 saturated heterocycles. The van der Waals surface area contributed by atoms with Gasteiger partial charge in [-0.3, -0.25) is 0 Å². The molecule has 0 aliphatic rings. The highest BCUT2D eigenvalue weighted by Crippen LogP contribution is 2.30. The molecular weight excluding hydrogens is 264 g/mol. The highest BCUT2D eigenvalue weighted by atomic mass is 16.3. The first-order valence-electron chi connectivity index (χ1n) is 7.13. The van der Waals surface area contributed by atoms with Gasteiger partial charge in [-0.25, -0.2) is 4.98 Å². The summed E-state index contributed by atoms with van der Waals surface area (Å²) in [4.78, 5) is 8.01. The summed E-state index contributed by atoms with van der Waals surface area (Å²) in [6, 6.07) is 3.90. The lowest BCUT2D eigenvalue weighted by atomic mass is 9.90. The van der Waals surface area contributed by atoms with Gasteiger partial charge in [0, 0.05) is 18.2 Å². The molecule has 0 aliphatic carbocycles. The van der Waals surface area contributed by atoms with Gasteiger partial charge in [-0.1, -0.05) is 26.8 Å². The van der Waals surface area contributed by atoms with E-state index >= 15 is 0 Å². The third kappa shape index (κ3) is 3.24. The van der Waals surface area contributed by atoms with Gasteiger partial charge in [0.1, 0.15) is 11.6 Å². The first-order valence-corrected chi connectivity index (χ1v) is 7.13. The molecule has 0 amide bonds. The number of aryl methyl sites for hydroxylation is 1. The van der Waals surface area contributed by atoms with Crippen molar-refractivity contribution in [2.45, 2.75) is 39.5 Å². The average molecular weight is 286 g/mol. The van der Waals surface area contributed by atoms with Gasteiger partial charge < -0.3 is 16.6 Å². The van der Waals surface area contributed by atoms with Crippen LogP contribution in [0.25, 0.3) is 0 Å². The first-order chi connectivity index (χ1) is 9.92. The predicted octanol–water partition coefficient (Wildman–Crippen LogP) is 2.62. The molecule has 5 heteroatoms. The van der Waals surface area contributed by atoms with Crippen molar-refractivity contribution in [3.8, 4) is 5.75 Å². The smallest absolute Gasteiger partial charge is 0.221 e. The number of anilines is 2. The molecule has 2 aromatic rings. The largest absolute Gasteiger partial charge is 0.508 e. The molecule has 0 spiro atoms. The molecule has 112 valence electrons. The van der Waals surface area contributed by atoms with Gasteiger partial charge in [0.05, 0.1) is 0 Å². The second kappa shape index (κ2) is 5.99. The number of hydrogen-bond acceptors (Lipinski definition) is 5. The Hall–Kier alpha value is -2.30. The Bertz CT molecular complexity index is 653. The first kappa shape index (κ1) is 15.1. The van der Waals surface area contributed by atoms with Crippen LogP contribution < -0.4 is 11.5 Å². The zero-order valence-corrected chi connectivity index (χ0v) is 12.7. The predicted molar refractivity (Wildman–Crippen MR) is 85.2 cm³/mol. The molecule has 0 unspecified atom stereocenters. The van der Waals surface area contributed by atoms with E-state index in [0.717, 1.165) is 28.7 Å². The molecule has 5 nitrogen and oxygen atoms in total. The fraction of sp³-hybridized carbons (Fsp3) is 0.375. The number of phenolic OH excluding ortho intramolecular Hbond substituents is 1. The van der Waals surface area contributed by atoms with Crippen molar-refractivity contribution in [2.75, 3.05) is 11.5 Å². The van der Waals surface area contributed by atoms with Crippen LogP contribution in [0.2, 0.25) is 0 Å². The standard InChI is InChI=1S/C16H22N4O/c1-4-10-5-11(13(9(2)3)7-14(10)21)6-12-8-19-16(18)20-15(12)17/h5,7-9,21H,4,6H2,1-3H3,(H4,17,18,19,20). The SMILES string of the molecule is CCc1cc(Cc2cnc(N)nc2N)c(C(C)C)cc1O. The van der Waals surface area contributed by atoms with Crippen LogP contribution in [0.3, 0.4) is 0 Å². The maximum Gasteiger partial charge on any atom is 0.221 e. The molecule has 0 aliphatic heterocycles. The van der Waals surface area contributed by atoms with E-state index in [1.54, 1.807) is 6.20 Å². The van der Waals surface area contributed by atoms with Crippen molar-refractivity contribution in [1.82, 2.24) is 9.97 Å². The van der Waals surface area contributed by atoms with Gasteiger partial charge >= 0.3 is 0 Å². The van der Waals surface area contributed by atoms with Crippen LogP contribution in [0.15, 0.2) is 18.3 Å². The number of phenols is 1. The Morgan fingerprint density at radius 2 is 1.86 bits per heavy atom. The van der Waals surface area contributed by atoms with E-state index in [4.69, 9.17) is 11.5 Å². The minimum Gasteiger partial charge on any atom is -0.508 e. The summed E-state index contributed by atoms with van der Waals surface area (Å²) >= 11 is 0. The molecule has 0 bridgehead atoms. The van der Waals surface area contributed by atoms with Crippen molar-refractivity contribution >= 4 is 11.8 Å². The van der Waals surface area contributed by atoms with Crippen molar-refractivity contribution in [3.05, 3.63) is 40.6 Å². The van der Waals surface area contributed by atoms with Crippen LogP contribution in [0.4, 0.5) is 11.8 Å². The maximum atomic E-state index is 10.1. The van der Waals surface area contributed by atoms with Crippen LogP contribution >= 0.6 is 0 Å². The molecule has 0 saturated carbocycles. The molecule has 0 fully saturated rings. The molecule has 0 radical (unpaired) electrons. The summed E-state index contributed by atoms with van der Waals surface area (Å²) in [7, 11) is 0. The molecule has 5 N–H and O–H groups in total. The monoisotopic (exact) mass is 286 g/mol. The minimum absolute atomic E-state index is 0.181. The van der Waals surface area contributed by atoms with Crippen molar-refractivity contribution in [1.29, 1.82) is 0 Å². The van der Waals surface area contributed by atoms with Crippen LogP contribution in [0.5, 0.6) is 5.75 Å². The number of nitrogens with zero attached hydrogens (tertiary/aromatic N) is 2. The van der Waals surface area contributed by atoms with E-state index in [9.17, 15) is 5.11 Å². The normalized spacial score (nSPS) is 11.0. The lowest BCUT2D eigenvalue weighted by Crippen LogP contribution is -2.06. The Labute approximate surface area is 125 Å². The van der Waals surface area contributed by atoms with Crippen molar-refractivity contribution in [3.63, 3.8) is 0 Å². The number of hydrogen-bond donors (Lipinski definition) is 3. The summed E-state index contributed by atoms with van der Waals surface area (Å²) in [6.45, 7) is 6.23. The molecule has 21 heavy (non-hydrogen) atoms. The summed E-state index contributed by atoms with van der Waals surface area (Å²) in [5, 5.41) is 10.1. The fourth-order valence-electron chi connectivity index (χ4n) is 2.45. The third-order valence-electron chi connectivity index (χ3n) is 3.64. The highest BCUT2D eigenvalue weighted by molar-refractivity contribution is 5.49. The lowest BCUT2D eigenvalue weighted by molar-refractivity contribution is 0.467. The van der Waals surface area contributed by atoms with Crippen LogP contribution in [0, 0.1) is 0 Å². The third-order valence-corrected chi connectivity index (χ3v) is 3.64. The van der Waals surface area contributed by atoms with E-state index in [-0.39, 0.29) is 5.95 Å². The summed E-state index contributed by atoms with van der Waals surface area (Å²) in [5.41, 5.74) is 15.5. The van der Waals surface area contributed by atoms with E-state index in [1.165, 1.54) is 0 Å². The minimum atomic E-state index is 0.181. The summed E-state index contributed by atoms with van der Waals surface area (Å²) < 4.78 is 0. The van der Waals surface area contributed by atoms with Crippen LogP contribution in [-0.4, -0.2) is 15.1 Å².